The summed E-state index contributed by atoms with van der Waals surface area (Å²) in [5.74, 6) is -1.41. The molecule has 0 aliphatic carbocycles. The van der Waals surface area contributed by atoms with Crippen molar-refractivity contribution in [1.29, 1.82) is 0 Å². The van der Waals surface area contributed by atoms with Gasteiger partial charge in [0.15, 0.2) is 0 Å². The number of hydrogen-bond donors (Lipinski definition) is 2. The van der Waals surface area contributed by atoms with Crippen LogP contribution in [0.4, 0.5) is 3.89 Å². The van der Waals surface area contributed by atoms with Crippen molar-refractivity contribution < 1.29 is 36.1 Å². The fourth-order valence-electron chi connectivity index (χ4n) is 1.69. The first kappa shape index (κ1) is 18.4. The maximum Gasteiger partial charge on any atom is 0.488 e. The van der Waals surface area contributed by atoms with Crippen molar-refractivity contribution in [2.45, 2.75) is 33.3 Å². The highest BCUT2D eigenvalue weighted by molar-refractivity contribution is 7.81. The SMILES string of the molecule is Cc1c(B(O)O)cc(OS(=O)(=O)F)cc1C(=O)OC(C)(C)C. The number of carbonyl (C=O) groups is 1. The van der Waals surface area contributed by atoms with Crippen molar-refractivity contribution in [3.8, 4) is 5.75 Å². The molecule has 0 aliphatic rings. The molecule has 0 heterocycles. The monoisotopic (exact) mass is 334 g/mol. The molecular formula is C12H16BFO7S. The predicted molar refractivity (Wildman–Crippen MR) is 76.8 cm³/mol. The largest absolute Gasteiger partial charge is 0.488 e. The van der Waals surface area contributed by atoms with Crippen molar-refractivity contribution in [3.63, 3.8) is 0 Å². The molecule has 0 saturated carbocycles. The highest BCUT2D eigenvalue weighted by Crippen LogP contribution is 2.21. The van der Waals surface area contributed by atoms with Gasteiger partial charge in [0.1, 0.15) is 11.4 Å². The maximum atomic E-state index is 12.6. The summed E-state index contributed by atoms with van der Waals surface area (Å²) >= 11 is 0. The highest BCUT2D eigenvalue weighted by Gasteiger charge is 2.26. The summed E-state index contributed by atoms with van der Waals surface area (Å²) in [6.45, 7) is 6.26. The van der Waals surface area contributed by atoms with Gasteiger partial charge in [0, 0.05) is 0 Å². The number of esters is 1. The summed E-state index contributed by atoms with van der Waals surface area (Å²) in [4.78, 5) is 12.1. The molecule has 0 radical (unpaired) electrons. The first-order chi connectivity index (χ1) is 9.80. The molecule has 0 atom stereocenters. The van der Waals surface area contributed by atoms with E-state index in [0.29, 0.717) is 0 Å². The number of benzene rings is 1. The second-order valence-electron chi connectivity index (χ2n) is 5.54. The second kappa shape index (κ2) is 6.23. The minimum absolute atomic E-state index is 0.146. The third kappa shape index (κ3) is 5.28. The van der Waals surface area contributed by atoms with Gasteiger partial charge in [-0.05, 0) is 50.9 Å². The standard InChI is InChI=1S/C12H16BFO7S/c1-7-9(11(15)20-12(2,3)4)5-8(21-22(14,18)19)6-10(7)13(16)17/h5-6,16-17H,1-4H3. The van der Waals surface area contributed by atoms with Crippen LogP contribution in [0.15, 0.2) is 12.1 Å². The van der Waals surface area contributed by atoms with Crippen LogP contribution in [-0.2, 0) is 15.2 Å². The van der Waals surface area contributed by atoms with E-state index in [1.165, 1.54) is 6.92 Å². The molecule has 1 rings (SSSR count). The normalized spacial score (nSPS) is 12.0. The molecule has 1 aromatic carbocycles. The summed E-state index contributed by atoms with van der Waals surface area (Å²) in [5.41, 5.74) is -1.06. The van der Waals surface area contributed by atoms with Gasteiger partial charge in [0.2, 0.25) is 0 Å². The summed E-state index contributed by atoms with van der Waals surface area (Å²) in [7, 11) is -7.33. The van der Waals surface area contributed by atoms with Gasteiger partial charge in [-0.15, -0.1) is 0 Å². The third-order valence-electron chi connectivity index (χ3n) is 2.51. The van der Waals surface area contributed by atoms with Gasteiger partial charge >= 0.3 is 23.6 Å². The van der Waals surface area contributed by atoms with Gasteiger partial charge in [-0.3, -0.25) is 0 Å². The Morgan fingerprint density at radius 1 is 1.27 bits per heavy atom. The minimum Gasteiger partial charge on any atom is -0.456 e. The Balaban J connectivity index is 3.39. The van der Waals surface area contributed by atoms with Crippen LogP contribution in [0, 0.1) is 6.92 Å². The first-order valence-corrected chi connectivity index (χ1v) is 7.49. The molecule has 1 aromatic rings. The van der Waals surface area contributed by atoms with Crippen LogP contribution < -0.4 is 9.65 Å². The Hall–Kier alpha value is -1.65. The number of halogens is 1. The number of rotatable bonds is 4. The van der Waals surface area contributed by atoms with Crippen molar-refractivity contribution in [1.82, 2.24) is 0 Å². The Kier molecular flexibility index (Phi) is 5.21. The number of ether oxygens (including phenoxy) is 1. The molecule has 0 unspecified atom stereocenters. The lowest BCUT2D eigenvalue weighted by Gasteiger charge is -2.21. The average Bonchev–Trinajstić information content (AvgIpc) is 2.26. The molecule has 0 saturated heterocycles. The molecule has 22 heavy (non-hydrogen) atoms. The summed E-state index contributed by atoms with van der Waals surface area (Å²) in [5, 5.41) is 18.5. The van der Waals surface area contributed by atoms with Crippen molar-refractivity contribution in [2.75, 3.05) is 0 Å². The quantitative estimate of drug-likeness (QED) is 0.460. The van der Waals surface area contributed by atoms with Crippen molar-refractivity contribution >= 4 is 29.1 Å². The second-order valence-corrected chi connectivity index (χ2v) is 6.49. The molecule has 122 valence electrons. The van der Waals surface area contributed by atoms with E-state index in [0.717, 1.165) is 12.1 Å². The van der Waals surface area contributed by atoms with Crippen molar-refractivity contribution in [3.05, 3.63) is 23.3 Å². The van der Waals surface area contributed by atoms with Crippen LogP contribution in [-0.4, -0.2) is 37.2 Å². The van der Waals surface area contributed by atoms with Gasteiger partial charge in [0.25, 0.3) is 0 Å². The molecule has 0 fully saturated rings. The van der Waals surface area contributed by atoms with Gasteiger partial charge < -0.3 is 19.0 Å². The Morgan fingerprint density at radius 2 is 1.82 bits per heavy atom. The predicted octanol–water partition coefficient (Wildman–Crippen LogP) is 0.223. The van der Waals surface area contributed by atoms with Crippen LogP contribution >= 0.6 is 0 Å². The Bertz CT molecular complexity index is 679. The number of carbonyl (C=O) groups excluding carboxylic acids is 1. The zero-order chi connectivity index (χ0) is 17.3. The summed E-state index contributed by atoms with van der Waals surface area (Å²) < 4.78 is 42.9. The van der Waals surface area contributed by atoms with E-state index in [1.807, 2.05) is 0 Å². The molecule has 0 aromatic heterocycles. The zero-order valence-electron chi connectivity index (χ0n) is 12.5. The Labute approximate surface area is 128 Å². The summed E-state index contributed by atoms with van der Waals surface area (Å²) in [6, 6.07) is 1.86. The molecule has 0 bridgehead atoms. The molecular weight excluding hydrogens is 318 g/mol. The number of hydrogen-bond acceptors (Lipinski definition) is 7. The maximum absolute atomic E-state index is 12.6. The van der Waals surface area contributed by atoms with Crippen molar-refractivity contribution in [2.24, 2.45) is 0 Å². The fraction of sp³-hybridized carbons (Fsp3) is 0.417. The lowest BCUT2D eigenvalue weighted by molar-refractivity contribution is 0.00685. The van der Waals surface area contributed by atoms with E-state index in [2.05, 4.69) is 4.18 Å². The van der Waals surface area contributed by atoms with Gasteiger partial charge in [0.05, 0.1) is 5.56 Å². The molecule has 10 heteroatoms. The lowest BCUT2D eigenvalue weighted by atomic mass is 9.76. The van der Waals surface area contributed by atoms with E-state index in [9.17, 15) is 27.1 Å². The molecule has 0 aliphatic heterocycles. The third-order valence-corrected chi connectivity index (χ3v) is 2.91. The van der Waals surface area contributed by atoms with Crippen LogP contribution in [0.2, 0.25) is 0 Å². The van der Waals surface area contributed by atoms with E-state index in [4.69, 9.17) is 4.74 Å². The van der Waals surface area contributed by atoms with Gasteiger partial charge in [-0.2, -0.15) is 8.42 Å². The highest BCUT2D eigenvalue weighted by atomic mass is 32.3. The fourth-order valence-corrected chi connectivity index (χ4v) is 2.01. The van der Waals surface area contributed by atoms with E-state index < -0.39 is 34.9 Å². The molecule has 0 amide bonds. The van der Waals surface area contributed by atoms with Crippen LogP contribution in [0.25, 0.3) is 0 Å². The molecule has 0 spiro atoms. The lowest BCUT2D eigenvalue weighted by Crippen LogP contribution is -2.34. The smallest absolute Gasteiger partial charge is 0.456 e. The first-order valence-electron chi connectivity index (χ1n) is 6.18. The van der Waals surface area contributed by atoms with E-state index >= 15 is 0 Å². The Morgan fingerprint density at radius 3 is 2.23 bits per heavy atom. The average molecular weight is 334 g/mol. The van der Waals surface area contributed by atoms with Crippen LogP contribution in [0.5, 0.6) is 5.75 Å². The minimum atomic E-state index is -5.33. The molecule has 2 N–H and O–H groups in total. The van der Waals surface area contributed by atoms with Gasteiger partial charge in [-0.1, -0.05) is 3.89 Å². The van der Waals surface area contributed by atoms with E-state index in [1.54, 1.807) is 20.8 Å². The summed E-state index contributed by atoms with van der Waals surface area (Å²) in [6.07, 6.45) is 0. The van der Waals surface area contributed by atoms with Crippen LogP contribution in [0.1, 0.15) is 36.7 Å². The van der Waals surface area contributed by atoms with Crippen LogP contribution in [0.3, 0.4) is 0 Å². The zero-order valence-corrected chi connectivity index (χ0v) is 13.3. The molecule has 7 nitrogen and oxygen atoms in total. The van der Waals surface area contributed by atoms with Gasteiger partial charge in [-0.25, -0.2) is 4.79 Å². The topological polar surface area (TPSA) is 110 Å². The van der Waals surface area contributed by atoms with E-state index in [-0.39, 0.29) is 16.6 Å².